The van der Waals surface area contributed by atoms with Gasteiger partial charge in [-0.3, -0.25) is 4.79 Å². The van der Waals surface area contributed by atoms with E-state index in [1.807, 2.05) is 28.5 Å². The van der Waals surface area contributed by atoms with Gasteiger partial charge in [-0.2, -0.15) is 0 Å². The van der Waals surface area contributed by atoms with Crippen LogP contribution in [0.2, 0.25) is 0 Å². The van der Waals surface area contributed by atoms with E-state index < -0.39 is 0 Å². The summed E-state index contributed by atoms with van der Waals surface area (Å²) in [5, 5.41) is 2.95. The van der Waals surface area contributed by atoms with Crippen LogP contribution in [0.3, 0.4) is 0 Å². The zero-order chi connectivity index (χ0) is 14.9. The Balaban J connectivity index is 0.00000242. The Labute approximate surface area is 153 Å². The van der Waals surface area contributed by atoms with Crippen molar-refractivity contribution in [3.63, 3.8) is 0 Å². The number of amides is 1. The molecule has 7 heteroatoms. The fourth-order valence-electron chi connectivity index (χ4n) is 2.17. The molecule has 0 aliphatic rings. The van der Waals surface area contributed by atoms with Crippen molar-refractivity contribution in [2.24, 2.45) is 5.73 Å². The number of halogens is 2. The average Bonchev–Trinajstić information content (AvgIpc) is 3.03. The highest BCUT2D eigenvalue weighted by atomic mass is 35.5. The number of aromatic nitrogens is 1. The minimum atomic E-state index is 0. The van der Waals surface area contributed by atoms with Crippen LogP contribution in [0.4, 0.5) is 0 Å². The molecule has 0 aliphatic carbocycles. The van der Waals surface area contributed by atoms with E-state index in [0.29, 0.717) is 25.9 Å². The molecule has 0 atom stereocenters. The monoisotopic (exact) mass is 375 g/mol. The molecule has 2 N–H and O–H groups in total. The van der Waals surface area contributed by atoms with E-state index in [0.717, 1.165) is 18.0 Å². The summed E-state index contributed by atoms with van der Waals surface area (Å²) in [5.74, 6) is 0.159. The van der Waals surface area contributed by atoms with E-state index in [1.54, 1.807) is 17.5 Å². The van der Waals surface area contributed by atoms with Crippen molar-refractivity contribution in [3.05, 3.63) is 52.5 Å². The SMILES string of the molecule is Cl.Cl.NCCN(CCc1ccccc1)C(=O)CCc1nccs1. The molecule has 0 saturated carbocycles. The van der Waals surface area contributed by atoms with Crippen LogP contribution in [0.5, 0.6) is 0 Å². The predicted molar refractivity (Wildman–Crippen MR) is 101 cm³/mol. The summed E-state index contributed by atoms with van der Waals surface area (Å²) in [6, 6.07) is 10.2. The maximum Gasteiger partial charge on any atom is 0.223 e. The molecule has 128 valence electrons. The number of benzene rings is 1. The van der Waals surface area contributed by atoms with E-state index in [9.17, 15) is 4.79 Å². The van der Waals surface area contributed by atoms with Crippen LogP contribution in [0.1, 0.15) is 17.0 Å². The largest absolute Gasteiger partial charge is 0.341 e. The van der Waals surface area contributed by atoms with Gasteiger partial charge in [0.25, 0.3) is 0 Å². The molecule has 0 radical (unpaired) electrons. The summed E-state index contributed by atoms with van der Waals surface area (Å²) in [5.41, 5.74) is 6.87. The van der Waals surface area contributed by atoms with Crippen LogP contribution in [0.25, 0.3) is 0 Å². The molecule has 2 aromatic rings. The average molecular weight is 376 g/mol. The molecule has 1 aromatic carbocycles. The van der Waals surface area contributed by atoms with Crippen LogP contribution in [-0.4, -0.2) is 35.4 Å². The Morgan fingerprint density at radius 3 is 2.48 bits per heavy atom. The van der Waals surface area contributed by atoms with Crippen molar-refractivity contribution in [3.8, 4) is 0 Å². The minimum absolute atomic E-state index is 0. The zero-order valence-electron chi connectivity index (χ0n) is 12.9. The highest BCUT2D eigenvalue weighted by Gasteiger charge is 2.13. The highest BCUT2D eigenvalue weighted by molar-refractivity contribution is 7.09. The Morgan fingerprint density at radius 2 is 1.87 bits per heavy atom. The van der Waals surface area contributed by atoms with Gasteiger partial charge in [-0.05, 0) is 12.0 Å². The lowest BCUT2D eigenvalue weighted by molar-refractivity contribution is -0.131. The molecule has 4 nitrogen and oxygen atoms in total. The highest BCUT2D eigenvalue weighted by Crippen LogP contribution is 2.09. The third kappa shape index (κ3) is 7.79. The number of carbonyl (C=O) groups excluding carboxylic acids is 1. The quantitative estimate of drug-likeness (QED) is 0.771. The predicted octanol–water partition coefficient (Wildman–Crippen LogP) is 2.95. The van der Waals surface area contributed by atoms with Crippen molar-refractivity contribution in [2.75, 3.05) is 19.6 Å². The van der Waals surface area contributed by atoms with Gasteiger partial charge >= 0.3 is 0 Å². The number of hydrogen-bond acceptors (Lipinski definition) is 4. The van der Waals surface area contributed by atoms with E-state index in [1.165, 1.54) is 5.56 Å². The van der Waals surface area contributed by atoms with Crippen LogP contribution in [0.15, 0.2) is 41.9 Å². The molecule has 2 rings (SSSR count). The summed E-state index contributed by atoms with van der Waals surface area (Å²) in [4.78, 5) is 18.4. The summed E-state index contributed by atoms with van der Waals surface area (Å²) in [6.45, 7) is 1.83. The summed E-state index contributed by atoms with van der Waals surface area (Å²) in [7, 11) is 0. The number of thiazole rings is 1. The lowest BCUT2D eigenvalue weighted by atomic mass is 10.1. The third-order valence-corrected chi connectivity index (χ3v) is 4.14. The molecule has 0 unspecified atom stereocenters. The molecule has 0 saturated heterocycles. The number of aryl methyl sites for hydroxylation is 1. The van der Waals surface area contributed by atoms with Crippen molar-refractivity contribution >= 4 is 42.1 Å². The van der Waals surface area contributed by atoms with E-state index >= 15 is 0 Å². The standard InChI is InChI=1S/C16H21N3OS.2ClH/c17-9-12-19(11-8-14-4-2-1-3-5-14)16(20)7-6-15-18-10-13-21-15;;/h1-5,10,13H,6-9,11-12,17H2;2*1H. The minimum Gasteiger partial charge on any atom is -0.341 e. The Morgan fingerprint density at radius 1 is 1.13 bits per heavy atom. The van der Waals surface area contributed by atoms with Crippen molar-refractivity contribution in [1.82, 2.24) is 9.88 Å². The maximum absolute atomic E-state index is 12.3. The van der Waals surface area contributed by atoms with E-state index in [-0.39, 0.29) is 30.7 Å². The van der Waals surface area contributed by atoms with Crippen LogP contribution in [0, 0.1) is 0 Å². The summed E-state index contributed by atoms with van der Waals surface area (Å²) >= 11 is 1.59. The first-order chi connectivity index (χ1) is 10.3. The summed E-state index contributed by atoms with van der Waals surface area (Å²) in [6.07, 6.45) is 3.85. The molecule has 0 fully saturated rings. The fourth-order valence-corrected chi connectivity index (χ4v) is 2.79. The second kappa shape index (κ2) is 12.3. The molecule has 1 amide bonds. The first kappa shape index (κ1) is 21.9. The molecule has 1 heterocycles. The smallest absolute Gasteiger partial charge is 0.223 e. The lowest BCUT2D eigenvalue weighted by Gasteiger charge is -2.22. The number of nitrogens with zero attached hydrogens (tertiary/aromatic N) is 2. The molecule has 23 heavy (non-hydrogen) atoms. The van der Waals surface area contributed by atoms with Gasteiger partial charge in [0.05, 0.1) is 5.01 Å². The van der Waals surface area contributed by atoms with Gasteiger partial charge < -0.3 is 10.6 Å². The molecule has 0 aliphatic heterocycles. The van der Waals surface area contributed by atoms with Gasteiger partial charge in [-0.1, -0.05) is 30.3 Å². The third-order valence-electron chi connectivity index (χ3n) is 3.30. The topological polar surface area (TPSA) is 59.2 Å². The van der Waals surface area contributed by atoms with Crippen molar-refractivity contribution in [1.29, 1.82) is 0 Å². The zero-order valence-corrected chi connectivity index (χ0v) is 15.3. The molecular weight excluding hydrogens is 353 g/mol. The molecule has 1 aromatic heterocycles. The maximum atomic E-state index is 12.3. The number of carbonyl (C=O) groups is 1. The Bertz CT molecular complexity index is 538. The fraction of sp³-hybridized carbons (Fsp3) is 0.375. The van der Waals surface area contributed by atoms with Gasteiger partial charge in [-0.25, -0.2) is 4.98 Å². The second-order valence-electron chi connectivity index (χ2n) is 4.83. The van der Waals surface area contributed by atoms with E-state index in [2.05, 4.69) is 17.1 Å². The Hall–Kier alpha value is -1.14. The van der Waals surface area contributed by atoms with Gasteiger partial charge in [0.2, 0.25) is 5.91 Å². The van der Waals surface area contributed by atoms with E-state index in [4.69, 9.17) is 5.73 Å². The van der Waals surface area contributed by atoms with Gasteiger partial charge in [0.15, 0.2) is 0 Å². The van der Waals surface area contributed by atoms with Crippen LogP contribution >= 0.6 is 36.2 Å². The number of hydrogen-bond donors (Lipinski definition) is 1. The van der Waals surface area contributed by atoms with Gasteiger partial charge in [0.1, 0.15) is 0 Å². The Kier molecular flexibility index (Phi) is 11.7. The normalized spacial score (nSPS) is 9.61. The van der Waals surface area contributed by atoms with Crippen LogP contribution in [-0.2, 0) is 17.6 Å². The first-order valence-electron chi connectivity index (χ1n) is 7.19. The molecule has 0 spiro atoms. The lowest BCUT2D eigenvalue weighted by Crippen LogP contribution is -2.37. The summed E-state index contributed by atoms with van der Waals surface area (Å²) < 4.78 is 0. The van der Waals surface area contributed by atoms with Crippen LogP contribution < -0.4 is 5.73 Å². The van der Waals surface area contributed by atoms with Crippen molar-refractivity contribution < 1.29 is 4.79 Å². The molecular formula is C16H23Cl2N3OS. The number of nitrogens with two attached hydrogens (primary N) is 1. The van der Waals surface area contributed by atoms with Crippen molar-refractivity contribution in [2.45, 2.75) is 19.3 Å². The first-order valence-corrected chi connectivity index (χ1v) is 8.07. The second-order valence-corrected chi connectivity index (χ2v) is 5.81. The number of rotatable bonds is 8. The van der Waals surface area contributed by atoms with Gasteiger partial charge in [0, 0.05) is 44.1 Å². The van der Waals surface area contributed by atoms with Gasteiger partial charge in [-0.15, -0.1) is 36.2 Å². The molecule has 0 bridgehead atoms.